The Morgan fingerprint density at radius 2 is 1.75 bits per heavy atom. The summed E-state index contributed by atoms with van der Waals surface area (Å²) in [5.74, 6) is -1.00. The lowest BCUT2D eigenvalue weighted by Gasteiger charge is -2.35. The molecule has 11 heteroatoms. The Hall–Kier alpha value is -4.28. The van der Waals surface area contributed by atoms with Gasteiger partial charge in [0.1, 0.15) is 29.2 Å². The number of amides is 4. The van der Waals surface area contributed by atoms with E-state index in [4.69, 9.17) is 15.2 Å². The van der Waals surface area contributed by atoms with Crippen molar-refractivity contribution < 1.29 is 33.8 Å². The van der Waals surface area contributed by atoms with Crippen molar-refractivity contribution in [2.24, 2.45) is 5.73 Å². The number of aromatic hydroxyl groups is 1. The summed E-state index contributed by atoms with van der Waals surface area (Å²) < 4.78 is 10.5. The molecule has 0 bridgehead atoms. The quantitative estimate of drug-likeness (QED) is 0.330. The lowest BCUT2D eigenvalue weighted by molar-refractivity contribution is -0.141. The number of alkyl carbamates (subject to hydrolysis) is 1. The fraction of sp³-hybridized carbons (Fsp3) is 0.448. The Kier molecular flexibility index (Phi) is 9.62. The average Bonchev–Trinajstić information content (AvgIpc) is 3.71. The van der Waals surface area contributed by atoms with Gasteiger partial charge in [-0.25, -0.2) is 4.79 Å². The lowest BCUT2D eigenvalue weighted by atomic mass is 9.99. The fourth-order valence-electron chi connectivity index (χ4n) is 4.22. The summed E-state index contributed by atoms with van der Waals surface area (Å²) in [5, 5.41) is 15.6. The van der Waals surface area contributed by atoms with Crippen LogP contribution in [0.3, 0.4) is 0 Å². The van der Waals surface area contributed by atoms with Crippen LogP contribution in [0.1, 0.15) is 63.6 Å². The Bertz CT molecular complexity index is 1240. The van der Waals surface area contributed by atoms with Crippen molar-refractivity contribution in [3.63, 3.8) is 0 Å². The highest BCUT2D eigenvalue weighted by molar-refractivity contribution is 5.99. The van der Waals surface area contributed by atoms with Gasteiger partial charge in [-0.1, -0.05) is 6.07 Å². The number of carbonyl (C=O) groups is 4. The summed E-state index contributed by atoms with van der Waals surface area (Å²) in [6, 6.07) is 8.92. The number of nitrogens with one attached hydrogen (secondary N) is 2. The zero-order valence-electron chi connectivity index (χ0n) is 23.5. The van der Waals surface area contributed by atoms with Crippen molar-refractivity contribution in [3.05, 3.63) is 53.6 Å². The van der Waals surface area contributed by atoms with Crippen LogP contribution in [0.15, 0.2) is 42.5 Å². The lowest BCUT2D eigenvalue weighted by Crippen LogP contribution is -2.53. The molecule has 40 heavy (non-hydrogen) atoms. The average molecular weight is 555 g/mol. The van der Waals surface area contributed by atoms with Gasteiger partial charge in [-0.2, -0.15) is 0 Å². The van der Waals surface area contributed by atoms with Crippen LogP contribution in [0.4, 0.5) is 10.5 Å². The molecule has 1 fully saturated rings. The molecule has 0 saturated heterocycles. The minimum absolute atomic E-state index is 0.0493. The van der Waals surface area contributed by atoms with E-state index in [0.717, 1.165) is 0 Å². The normalized spacial score (nSPS) is 14.4. The number of hydrogen-bond donors (Lipinski definition) is 4. The highest BCUT2D eigenvalue weighted by Gasteiger charge is 2.44. The molecule has 2 aromatic rings. The van der Waals surface area contributed by atoms with Crippen molar-refractivity contribution in [2.45, 2.75) is 77.1 Å². The van der Waals surface area contributed by atoms with Crippen molar-refractivity contribution in [1.82, 2.24) is 10.2 Å². The second kappa shape index (κ2) is 12.7. The van der Waals surface area contributed by atoms with Crippen LogP contribution in [0, 0.1) is 6.92 Å². The van der Waals surface area contributed by atoms with E-state index < -0.39 is 41.5 Å². The summed E-state index contributed by atoms with van der Waals surface area (Å²) in [5.41, 5.74) is 6.04. The van der Waals surface area contributed by atoms with Gasteiger partial charge in [0, 0.05) is 18.2 Å². The molecular formula is C29H38N4O7. The molecule has 0 radical (unpaired) electrons. The minimum Gasteiger partial charge on any atom is -0.508 e. The summed E-state index contributed by atoms with van der Waals surface area (Å²) >= 11 is 0. The van der Waals surface area contributed by atoms with E-state index in [0.29, 0.717) is 35.4 Å². The number of phenols is 1. The van der Waals surface area contributed by atoms with E-state index in [1.54, 1.807) is 64.1 Å². The van der Waals surface area contributed by atoms with Gasteiger partial charge in [0.05, 0.1) is 7.11 Å². The molecule has 1 aliphatic carbocycles. The molecule has 11 nitrogen and oxygen atoms in total. The van der Waals surface area contributed by atoms with Gasteiger partial charge in [0.25, 0.3) is 5.91 Å². The molecule has 216 valence electrons. The van der Waals surface area contributed by atoms with Crippen LogP contribution in [0.2, 0.25) is 0 Å². The van der Waals surface area contributed by atoms with Crippen molar-refractivity contribution in [2.75, 3.05) is 12.4 Å². The summed E-state index contributed by atoms with van der Waals surface area (Å²) in [6.45, 7) is 6.77. The van der Waals surface area contributed by atoms with E-state index in [1.165, 1.54) is 18.1 Å². The molecule has 0 aliphatic heterocycles. The predicted molar refractivity (Wildman–Crippen MR) is 149 cm³/mol. The van der Waals surface area contributed by atoms with E-state index in [9.17, 15) is 24.3 Å². The first-order valence-corrected chi connectivity index (χ1v) is 13.1. The SMILES string of the molecule is COc1ccc(NC(=O)C(c2ccc(O)c(C)c2)N(C(=O)C(CCC(N)=O)NC(=O)OC(C)(C)C)C2CC2)cc1. The number of carbonyl (C=O) groups excluding carboxylic acids is 4. The third-order valence-electron chi connectivity index (χ3n) is 6.28. The van der Waals surface area contributed by atoms with Crippen LogP contribution < -0.4 is 21.1 Å². The van der Waals surface area contributed by atoms with Gasteiger partial charge >= 0.3 is 6.09 Å². The van der Waals surface area contributed by atoms with Crippen molar-refractivity contribution in [1.29, 1.82) is 0 Å². The van der Waals surface area contributed by atoms with E-state index >= 15 is 0 Å². The molecule has 5 N–H and O–H groups in total. The number of nitrogens with two attached hydrogens (primary N) is 1. The zero-order valence-corrected chi connectivity index (χ0v) is 23.5. The first-order valence-electron chi connectivity index (χ1n) is 13.1. The number of methoxy groups -OCH3 is 1. The monoisotopic (exact) mass is 554 g/mol. The number of primary amides is 1. The fourth-order valence-corrected chi connectivity index (χ4v) is 4.22. The molecule has 1 saturated carbocycles. The topological polar surface area (TPSA) is 160 Å². The van der Waals surface area contributed by atoms with E-state index in [2.05, 4.69) is 10.6 Å². The number of aryl methyl sites for hydroxylation is 1. The summed E-state index contributed by atoms with van der Waals surface area (Å²) in [4.78, 5) is 53.6. The third-order valence-corrected chi connectivity index (χ3v) is 6.28. The van der Waals surface area contributed by atoms with E-state index in [-0.39, 0.29) is 24.6 Å². The maximum atomic E-state index is 14.1. The van der Waals surface area contributed by atoms with Gasteiger partial charge in [0.15, 0.2) is 0 Å². The molecule has 3 rings (SSSR count). The van der Waals surface area contributed by atoms with Crippen LogP contribution in [0.25, 0.3) is 0 Å². The Labute approximate surface area is 234 Å². The van der Waals surface area contributed by atoms with E-state index in [1.807, 2.05) is 0 Å². The van der Waals surface area contributed by atoms with Crippen LogP contribution in [-0.2, 0) is 19.1 Å². The molecule has 0 aromatic heterocycles. The molecule has 0 spiro atoms. The second-order valence-electron chi connectivity index (χ2n) is 10.8. The Balaban J connectivity index is 2.00. The second-order valence-corrected chi connectivity index (χ2v) is 10.8. The van der Waals surface area contributed by atoms with Gasteiger partial charge in [-0.15, -0.1) is 0 Å². The summed E-state index contributed by atoms with van der Waals surface area (Å²) in [7, 11) is 1.54. The smallest absolute Gasteiger partial charge is 0.408 e. The van der Waals surface area contributed by atoms with Crippen LogP contribution in [-0.4, -0.2) is 58.6 Å². The highest BCUT2D eigenvalue weighted by Crippen LogP contribution is 2.37. The number of anilines is 1. The first kappa shape index (κ1) is 30.3. The summed E-state index contributed by atoms with van der Waals surface area (Å²) in [6.07, 6.45) is 0.253. The largest absolute Gasteiger partial charge is 0.508 e. The predicted octanol–water partition coefficient (Wildman–Crippen LogP) is 3.54. The zero-order chi connectivity index (χ0) is 29.6. The molecule has 2 atom stereocenters. The van der Waals surface area contributed by atoms with Gasteiger partial charge in [-0.05, 0) is 94.5 Å². The molecule has 0 heterocycles. The molecule has 2 aromatic carbocycles. The standard InChI is InChI=1S/C29H38N4O7/c1-17-16-18(6-14-23(17)34)25(26(36)31-19-7-11-21(39-5)12-8-19)33(20-9-10-20)27(37)22(13-15-24(30)35)32-28(38)40-29(2,3)4/h6-8,11-12,14,16,20,22,25,34H,9-10,13,15H2,1-5H3,(H2,30,35)(H,31,36)(H,32,38). The third kappa shape index (κ3) is 8.36. The maximum Gasteiger partial charge on any atom is 0.408 e. The van der Waals surface area contributed by atoms with Gasteiger partial charge in [0.2, 0.25) is 11.8 Å². The number of ether oxygens (including phenoxy) is 2. The number of rotatable bonds is 11. The van der Waals surface area contributed by atoms with Crippen molar-refractivity contribution >= 4 is 29.5 Å². The maximum absolute atomic E-state index is 14.1. The Morgan fingerprint density at radius 3 is 2.27 bits per heavy atom. The first-order chi connectivity index (χ1) is 18.8. The number of benzene rings is 2. The molecule has 1 aliphatic rings. The molecular weight excluding hydrogens is 516 g/mol. The Morgan fingerprint density at radius 1 is 1.10 bits per heavy atom. The molecule has 4 amide bonds. The van der Waals surface area contributed by atoms with Gasteiger partial charge in [-0.3, -0.25) is 14.4 Å². The number of nitrogens with zero attached hydrogens (tertiary/aromatic N) is 1. The van der Waals surface area contributed by atoms with Crippen molar-refractivity contribution in [3.8, 4) is 11.5 Å². The minimum atomic E-state index is -1.17. The number of phenolic OH excluding ortho intramolecular Hbond substituents is 1. The highest BCUT2D eigenvalue weighted by atomic mass is 16.6. The van der Waals surface area contributed by atoms with Crippen LogP contribution >= 0.6 is 0 Å². The molecule has 2 unspecified atom stereocenters. The number of hydrogen-bond acceptors (Lipinski definition) is 7. The van der Waals surface area contributed by atoms with Crippen LogP contribution in [0.5, 0.6) is 11.5 Å². The van der Waals surface area contributed by atoms with Gasteiger partial charge < -0.3 is 35.8 Å².